The third kappa shape index (κ3) is 1.10. The molecule has 0 aliphatic heterocycles. The molecule has 16 heavy (non-hydrogen) atoms. The first-order chi connectivity index (χ1) is 7.68. The molecule has 0 bridgehead atoms. The van der Waals surface area contributed by atoms with Gasteiger partial charge < -0.3 is 5.73 Å². The van der Waals surface area contributed by atoms with Crippen LogP contribution in [0.15, 0.2) is 16.8 Å². The lowest BCUT2D eigenvalue weighted by Crippen LogP contribution is -2.03. The van der Waals surface area contributed by atoms with Crippen LogP contribution >= 0.6 is 11.3 Å². The minimum Gasteiger partial charge on any atom is -0.369 e. The largest absolute Gasteiger partial charge is 0.369 e. The Kier molecular flexibility index (Phi) is 1.81. The van der Waals surface area contributed by atoms with Gasteiger partial charge in [0.15, 0.2) is 5.65 Å². The standard InChI is InChI=1S/C10H11N5S/c1-6-8-9(14(2)13-6)15(10(11)12-8)7-3-4-16-5-7/h3-5H,1-2H3,(H2,11,12). The van der Waals surface area contributed by atoms with Crippen LogP contribution in [-0.4, -0.2) is 19.3 Å². The molecule has 3 heterocycles. The quantitative estimate of drug-likeness (QED) is 0.696. The Morgan fingerprint density at radius 2 is 2.25 bits per heavy atom. The van der Waals surface area contributed by atoms with E-state index in [0.29, 0.717) is 5.95 Å². The fraction of sp³-hybridized carbons (Fsp3) is 0.200. The monoisotopic (exact) mass is 233 g/mol. The number of fused-ring (bicyclic) bond motifs is 1. The molecule has 0 aliphatic carbocycles. The molecule has 0 spiro atoms. The number of aromatic nitrogens is 4. The fourth-order valence-electron chi connectivity index (χ4n) is 1.93. The molecule has 82 valence electrons. The zero-order valence-electron chi connectivity index (χ0n) is 9.01. The topological polar surface area (TPSA) is 61.7 Å². The molecule has 3 aromatic heterocycles. The average Bonchev–Trinajstić information content (AvgIpc) is 2.87. The van der Waals surface area contributed by atoms with Crippen molar-refractivity contribution in [1.29, 1.82) is 0 Å². The summed E-state index contributed by atoms with van der Waals surface area (Å²) in [7, 11) is 1.90. The van der Waals surface area contributed by atoms with Crippen LogP contribution in [0.25, 0.3) is 16.9 Å². The Morgan fingerprint density at radius 3 is 2.94 bits per heavy atom. The molecule has 3 rings (SSSR count). The Balaban J connectivity index is 2.43. The summed E-state index contributed by atoms with van der Waals surface area (Å²) in [5, 5.41) is 8.40. The first-order valence-electron chi connectivity index (χ1n) is 4.88. The van der Waals surface area contributed by atoms with E-state index in [0.717, 1.165) is 22.5 Å². The normalized spacial score (nSPS) is 11.4. The summed E-state index contributed by atoms with van der Waals surface area (Å²) in [5.41, 5.74) is 9.68. The van der Waals surface area contributed by atoms with Crippen LogP contribution in [0.2, 0.25) is 0 Å². The zero-order chi connectivity index (χ0) is 11.3. The van der Waals surface area contributed by atoms with Crippen molar-refractivity contribution in [3.8, 4) is 5.69 Å². The van der Waals surface area contributed by atoms with E-state index < -0.39 is 0 Å². The average molecular weight is 233 g/mol. The molecule has 0 aromatic carbocycles. The van der Waals surface area contributed by atoms with Crippen molar-refractivity contribution in [1.82, 2.24) is 19.3 Å². The number of nitrogens with two attached hydrogens (primary N) is 1. The summed E-state index contributed by atoms with van der Waals surface area (Å²) in [6.45, 7) is 1.94. The van der Waals surface area contributed by atoms with Gasteiger partial charge in [0.05, 0.1) is 11.4 Å². The maximum absolute atomic E-state index is 5.94. The maximum Gasteiger partial charge on any atom is 0.207 e. The van der Waals surface area contributed by atoms with Crippen LogP contribution in [0.1, 0.15) is 5.69 Å². The smallest absolute Gasteiger partial charge is 0.207 e. The van der Waals surface area contributed by atoms with E-state index in [4.69, 9.17) is 5.73 Å². The number of hydrogen-bond donors (Lipinski definition) is 1. The SMILES string of the molecule is Cc1nn(C)c2c1nc(N)n2-c1ccsc1. The van der Waals surface area contributed by atoms with Crippen LogP contribution in [-0.2, 0) is 7.05 Å². The van der Waals surface area contributed by atoms with Gasteiger partial charge in [-0.05, 0) is 18.4 Å². The number of nitrogens with zero attached hydrogens (tertiary/aromatic N) is 4. The van der Waals surface area contributed by atoms with Crippen LogP contribution < -0.4 is 5.73 Å². The lowest BCUT2D eigenvalue weighted by Gasteiger charge is -2.03. The number of anilines is 1. The van der Waals surface area contributed by atoms with Gasteiger partial charge >= 0.3 is 0 Å². The first-order valence-corrected chi connectivity index (χ1v) is 5.83. The van der Waals surface area contributed by atoms with Crippen LogP contribution in [0.5, 0.6) is 0 Å². The second kappa shape index (κ2) is 3.08. The highest BCUT2D eigenvalue weighted by Gasteiger charge is 2.16. The Labute approximate surface area is 96.1 Å². The molecule has 0 fully saturated rings. The molecule has 2 N–H and O–H groups in total. The molecule has 0 unspecified atom stereocenters. The molecule has 0 aliphatic rings. The second-order valence-corrected chi connectivity index (χ2v) is 4.45. The molecular weight excluding hydrogens is 222 g/mol. The minimum absolute atomic E-state index is 0.504. The van der Waals surface area contributed by atoms with Gasteiger partial charge in [-0.1, -0.05) is 0 Å². The lowest BCUT2D eigenvalue weighted by molar-refractivity contribution is 0.763. The Bertz CT molecular complexity index is 646. The third-order valence-corrected chi connectivity index (χ3v) is 3.26. The van der Waals surface area contributed by atoms with E-state index in [2.05, 4.69) is 10.1 Å². The van der Waals surface area contributed by atoms with Crippen molar-refractivity contribution < 1.29 is 0 Å². The molecule has 0 amide bonds. The van der Waals surface area contributed by atoms with E-state index in [1.807, 2.05) is 40.0 Å². The molecule has 6 heteroatoms. The summed E-state index contributed by atoms with van der Waals surface area (Å²) in [5.74, 6) is 0.504. The molecule has 0 saturated carbocycles. The van der Waals surface area contributed by atoms with Crippen LogP contribution in [0.3, 0.4) is 0 Å². The summed E-state index contributed by atoms with van der Waals surface area (Å²) >= 11 is 1.63. The highest BCUT2D eigenvalue weighted by Crippen LogP contribution is 2.25. The van der Waals surface area contributed by atoms with E-state index in [1.165, 1.54) is 0 Å². The number of nitrogen functional groups attached to an aromatic ring is 1. The highest BCUT2D eigenvalue weighted by atomic mass is 32.1. The Morgan fingerprint density at radius 1 is 1.44 bits per heavy atom. The van der Waals surface area contributed by atoms with Crippen molar-refractivity contribution in [3.63, 3.8) is 0 Å². The summed E-state index contributed by atoms with van der Waals surface area (Å²) in [6, 6.07) is 2.02. The maximum atomic E-state index is 5.94. The van der Waals surface area contributed by atoms with Crippen molar-refractivity contribution in [2.24, 2.45) is 7.05 Å². The summed E-state index contributed by atoms with van der Waals surface area (Å²) in [4.78, 5) is 4.35. The first kappa shape index (κ1) is 9.41. The van der Waals surface area contributed by atoms with Gasteiger partial charge in [0.2, 0.25) is 5.95 Å². The predicted octanol–water partition coefficient (Wildman–Crippen LogP) is 1.71. The second-order valence-electron chi connectivity index (χ2n) is 3.67. The van der Waals surface area contributed by atoms with Gasteiger partial charge in [0.25, 0.3) is 0 Å². The van der Waals surface area contributed by atoms with Crippen molar-refractivity contribution >= 4 is 28.4 Å². The molecule has 0 saturated heterocycles. The van der Waals surface area contributed by atoms with Crippen molar-refractivity contribution in [2.75, 3.05) is 5.73 Å². The van der Waals surface area contributed by atoms with Gasteiger partial charge in [0.1, 0.15) is 5.52 Å². The molecule has 5 nitrogen and oxygen atoms in total. The van der Waals surface area contributed by atoms with E-state index in [-0.39, 0.29) is 0 Å². The van der Waals surface area contributed by atoms with Gasteiger partial charge in [-0.3, -0.25) is 4.57 Å². The molecular formula is C10H11N5S. The number of imidazole rings is 1. The molecule has 0 radical (unpaired) electrons. The number of aryl methyl sites for hydroxylation is 2. The van der Waals surface area contributed by atoms with Crippen molar-refractivity contribution in [2.45, 2.75) is 6.92 Å². The van der Waals surface area contributed by atoms with Crippen molar-refractivity contribution in [3.05, 3.63) is 22.5 Å². The van der Waals surface area contributed by atoms with E-state index in [1.54, 1.807) is 11.3 Å². The molecule has 0 atom stereocenters. The van der Waals surface area contributed by atoms with Gasteiger partial charge in [0, 0.05) is 12.4 Å². The van der Waals surface area contributed by atoms with Crippen LogP contribution in [0, 0.1) is 6.92 Å². The number of thiophene rings is 1. The minimum atomic E-state index is 0.504. The lowest BCUT2D eigenvalue weighted by atomic mass is 10.4. The Hall–Kier alpha value is -1.82. The number of rotatable bonds is 1. The zero-order valence-corrected chi connectivity index (χ0v) is 9.82. The third-order valence-electron chi connectivity index (χ3n) is 2.59. The summed E-state index contributed by atoms with van der Waals surface area (Å²) < 4.78 is 3.73. The van der Waals surface area contributed by atoms with Gasteiger partial charge in [-0.25, -0.2) is 9.67 Å². The van der Waals surface area contributed by atoms with E-state index in [9.17, 15) is 0 Å². The molecule has 3 aromatic rings. The van der Waals surface area contributed by atoms with Gasteiger partial charge in [-0.2, -0.15) is 16.4 Å². The van der Waals surface area contributed by atoms with E-state index >= 15 is 0 Å². The van der Waals surface area contributed by atoms with Gasteiger partial charge in [-0.15, -0.1) is 0 Å². The van der Waals surface area contributed by atoms with Crippen LogP contribution in [0.4, 0.5) is 5.95 Å². The summed E-state index contributed by atoms with van der Waals surface area (Å²) in [6.07, 6.45) is 0. The number of hydrogen-bond acceptors (Lipinski definition) is 4. The highest BCUT2D eigenvalue weighted by molar-refractivity contribution is 7.08. The predicted molar refractivity (Wildman–Crippen MR) is 64.9 cm³/mol. The fourth-order valence-corrected chi connectivity index (χ4v) is 2.55.